The molecule has 3 rings (SSSR count). The fourth-order valence-electron chi connectivity index (χ4n) is 3.22. The van der Waals surface area contributed by atoms with Gasteiger partial charge in [0, 0.05) is 23.9 Å². The van der Waals surface area contributed by atoms with Crippen molar-refractivity contribution in [3.63, 3.8) is 0 Å². The van der Waals surface area contributed by atoms with Crippen molar-refractivity contribution in [1.82, 2.24) is 4.31 Å². The van der Waals surface area contributed by atoms with Crippen molar-refractivity contribution < 1.29 is 17.9 Å². The molecule has 0 amide bonds. The van der Waals surface area contributed by atoms with Crippen molar-refractivity contribution in [3.05, 3.63) is 36.4 Å². The highest BCUT2D eigenvalue weighted by Crippen LogP contribution is 2.33. The van der Waals surface area contributed by atoms with Gasteiger partial charge in [0.05, 0.1) is 23.7 Å². The van der Waals surface area contributed by atoms with Crippen LogP contribution in [0.4, 0.5) is 0 Å². The number of nitrogens with zero attached hydrogens (tertiary/aromatic N) is 1. The zero-order valence-electron chi connectivity index (χ0n) is 14.2. The molecule has 1 heterocycles. The summed E-state index contributed by atoms with van der Waals surface area (Å²) in [5, 5.41) is 1.50. The van der Waals surface area contributed by atoms with E-state index in [1.54, 1.807) is 12.1 Å². The summed E-state index contributed by atoms with van der Waals surface area (Å²) in [6, 6.07) is 10.9. The summed E-state index contributed by atoms with van der Waals surface area (Å²) in [5.41, 5.74) is 0. The second-order valence-corrected chi connectivity index (χ2v) is 8.03. The lowest BCUT2D eigenvalue weighted by Gasteiger charge is -2.34. The molecule has 1 fully saturated rings. The number of morpholine rings is 1. The molecule has 0 bridgehead atoms. The van der Waals surface area contributed by atoms with E-state index in [1.807, 2.05) is 45.0 Å². The van der Waals surface area contributed by atoms with Gasteiger partial charge in [0.2, 0.25) is 10.0 Å². The molecular formula is C18H23NO4S. The van der Waals surface area contributed by atoms with Crippen LogP contribution in [-0.2, 0) is 14.8 Å². The number of fused-ring (bicyclic) bond motifs is 1. The van der Waals surface area contributed by atoms with Gasteiger partial charge in [0.25, 0.3) is 0 Å². The maximum absolute atomic E-state index is 13.2. The SMILES string of the molecule is CCOc1ccc(S(=O)(=O)N2CC(C)OC(C)C2)c2ccccc12. The molecule has 1 saturated heterocycles. The zero-order chi connectivity index (χ0) is 17.3. The standard InChI is InChI=1S/C18H23NO4S/c1-4-22-17-9-10-18(16-8-6-5-7-15(16)17)24(20,21)19-11-13(2)23-14(3)12-19/h5-10,13-14H,4,11-12H2,1-3H3. The molecule has 2 aromatic carbocycles. The first-order valence-corrected chi connectivity index (χ1v) is 9.67. The van der Waals surface area contributed by atoms with Crippen LogP contribution in [0.15, 0.2) is 41.3 Å². The molecular weight excluding hydrogens is 326 g/mol. The molecule has 1 aliphatic rings. The van der Waals surface area contributed by atoms with Crippen LogP contribution in [0.1, 0.15) is 20.8 Å². The molecule has 6 heteroatoms. The summed E-state index contributed by atoms with van der Waals surface area (Å²) in [4.78, 5) is 0.322. The minimum Gasteiger partial charge on any atom is -0.493 e. The van der Waals surface area contributed by atoms with Crippen LogP contribution in [-0.4, -0.2) is 44.6 Å². The van der Waals surface area contributed by atoms with Gasteiger partial charge in [-0.3, -0.25) is 0 Å². The molecule has 2 atom stereocenters. The van der Waals surface area contributed by atoms with Crippen molar-refractivity contribution in [2.45, 2.75) is 37.9 Å². The number of hydrogen-bond acceptors (Lipinski definition) is 4. The second-order valence-electron chi connectivity index (χ2n) is 6.12. The number of ether oxygens (including phenoxy) is 2. The molecule has 2 unspecified atom stereocenters. The van der Waals surface area contributed by atoms with Gasteiger partial charge >= 0.3 is 0 Å². The van der Waals surface area contributed by atoms with Crippen LogP contribution < -0.4 is 4.74 Å². The Morgan fingerprint density at radius 2 is 1.71 bits per heavy atom. The van der Waals surface area contributed by atoms with Gasteiger partial charge in [0.1, 0.15) is 5.75 Å². The first-order chi connectivity index (χ1) is 11.4. The van der Waals surface area contributed by atoms with Gasteiger partial charge in [-0.25, -0.2) is 8.42 Å². The first-order valence-electron chi connectivity index (χ1n) is 8.23. The van der Waals surface area contributed by atoms with Crippen LogP contribution >= 0.6 is 0 Å². The van der Waals surface area contributed by atoms with Gasteiger partial charge in [-0.1, -0.05) is 24.3 Å². The van der Waals surface area contributed by atoms with Crippen molar-refractivity contribution in [2.75, 3.05) is 19.7 Å². The van der Waals surface area contributed by atoms with Gasteiger partial charge in [0.15, 0.2) is 0 Å². The predicted octanol–water partition coefficient (Wildman–Crippen LogP) is 3.04. The average molecular weight is 349 g/mol. The van der Waals surface area contributed by atoms with Crippen LogP contribution in [0.5, 0.6) is 5.75 Å². The van der Waals surface area contributed by atoms with Gasteiger partial charge in [-0.05, 0) is 32.9 Å². The summed E-state index contributed by atoms with van der Waals surface area (Å²) in [5.74, 6) is 0.704. The van der Waals surface area contributed by atoms with E-state index in [0.717, 1.165) is 5.39 Å². The quantitative estimate of drug-likeness (QED) is 0.851. The molecule has 0 aromatic heterocycles. The predicted molar refractivity (Wildman–Crippen MR) is 93.9 cm³/mol. The second kappa shape index (κ2) is 6.70. The lowest BCUT2D eigenvalue weighted by atomic mass is 10.1. The Balaban J connectivity index is 2.10. The van der Waals surface area contributed by atoms with E-state index < -0.39 is 10.0 Å². The largest absolute Gasteiger partial charge is 0.493 e. The van der Waals surface area contributed by atoms with Gasteiger partial charge in [-0.2, -0.15) is 4.31 Å². The fraction of sp³-hybridized carbons (Fsp3) is 0.444. The monoisotopic (exact) mass is 349 g/mol. The summed E-state index contributed by atoms with van der Waals surface area (Å²) in [6.45, 7) is 6.98. The lowest BCUT2D eigenvalue weighted by molar-refractivity contribution is -0.0440. The molecule has 0 saturated carbocycles. The summed E-state index contributed by atoms with van der Waals surface area (Å²) < 4.78 is 39.2. The summed E-state index contributed by atoms with van der Waals surface area (Å²) >= 11 is 0. The maximum Gasteiger partial charge on any atom is 0.243 e. The van der Waals surface area contributed by atoms with Crippen LogP contribution in [0.3, 0.4) is 0 Å². The van der Waals surface area contributed by atoms with Gasteiger partial charge < -0.3 is 9.47 Å². The molecule has 0 radical (unpaired) electrons. The van der Waals surface area contributed by atoms with E-state index in [9.17, 15) is 8.42 Å². The molecule has 0 N–H and O–H groups in total. The van der Waals surface area contributed by atoms with E-state index in [1.165, 1.54) is 4.31 Å². The molecule has 0 aliphatic carbocycles. The van der Waals surface area contributed by atoms with E-state index in [0.29, 0.717) is 35.7 Å². The van der Waals surface area contributed by atoms with Crippen molar-refractivity contribution in [3.8, 4) is 5.75 Å². The molecule has 24 heavy (non-hydrogen) atoms. The Kier molecular flexibility index (Phi) is 4.80. The average Bonchev–Trinajstić information content (AvgIpc) is 2.54. The lowest BCUT2D eigenvalue weighted by Crippen LogP contribution is -2.48. The van der Waals surface area contributed by atoms with Crippen LogP contribution in [0, 0.1) is 0 Å². The van der Waals surface area contributed by atoms with E-state index >= 15 is 0 Å². The fourth-order valence-corrected chi connectivity index (χ4v) is 5.00. The zero-order valence-corrected chi connectivity index (χ0v) is 15.0. The molecule has 0 spiro atoms. The first kappa shape index (κ1) is 17.2. The number of sulfonamides is 1. The number of rotatable bonds is 4. The summed E-state index contributed by atoms with van der Waals surface area (Å²) in [6.07, 6.45) is -0.227. The smallest absolute Gasteiger partial charge is 0.243 e. The number of hydrogen-bond donors (Lipinski definition) is 0. The molecule has 2 aromatic rings. The van der Waals surface area contributed by atoms with Crippen LogP contribution in [0.25, 0.3) is 10.8 Å². The maximum atomic E-state index is 13.2. The normalized spacial score (nSPS) is 22.6. The third-order valence-electron chi connectivity index (χ3n) is 4.15. The van der Waals surface area contributed by atoms with Gasteiger partial charge in [-0.15, -0.1) is 0 Å². The van der Waals surface area contributed by atoms with Crippen molar-refractivity contribution in [2.24, 2.45) is 0 Å². The highest BCUT2D eigenvalue weighted by molar-refractivity contribution is 7.89. The van der Waals surface area contributed by atoms with E-state index in [2.05, 4.69) is 0 Å². The van der Waals surface area contributed by atoms with E-state index in [4.69, 9.17) is 9.47 Å². The topological polar surface area (TPSA) is 55.8 Å². The Labute approximate surface area is 143 Å². The third kappa shape index (κ3) is 3.14. The van der Waals surface area contributed by atoms with Crippen molar-refractivity contribution in [1.29, 1.82) is 0 Å². The molecule has 1 aliphatic heterocycles. The summed E-state index contributed by atoms with van der Waals surface area (Å²) in [7, 11) is -3.59. The van der Waals surface area contributed by atoms with Crippen molar-refractivity contribution >= 4 is 20.8 Å². The Morgan fingerprint density at radius 1 is 1.08 bits per heavy atom. The highest BCUT2D eigenvalue weighted by Gasteiger charge is 2.33. The molecule has 5 nitrogen and oxygen atoms in total. The third-order valence-corrected chi connectivity index (χ3v) is 6.04. The molecule has 130 valence electrons. The highest BCUT2D eigenvalue weighted by atomic mass is 32.2. The minimum atomic E-state index is -3.59. The Hall–Kier alpha value is -1.63. The number of benzene rings is 2. The van der Waals surface area contributed by atoms with E-state index in [-0.39, 0.29) is 12.2 Å². The Morgan fingerprint density at radius 3 is 2.33 bits per heavy atom. The Bertz CT molecular complexity index is 824. The van der Waals surface area contributed by atoms with Crippen LogP contribution in [0.2, 0.25) is 0 Å². The minimum absolute atomic E-state index is 0.113.